The van der Waals surface area contributed by atoms with Gasteiger partial charge in [-0.05, 0) is 6.42 Å². The van der Waals surface area contributed by atoms with Crippen LogP contribution in [0.1, 0.15) is 84.5 Å². The number of carbonyl (C=O) groups is 1. The van der Waals surface area contributed by atoms with Crippen LogP contribution in [0, 0.1) is 6.92 Å². The summed E-state index contributed by atoms with van der Waals surface area (Å²) in [5, 5.41) is 9.26. The summed E-state index contributed by atoms with van der Waals surface area (Å²) in [5.41, 5.74) is 0. The third-order valence-corrected chi connectivity index (χ3v) is 2.64. The second kappa shape index (κ2) is 27.8. The predicted molar refractivity (Wildman–Crippen MR) is 72.5 cm³/mol. The third kappa shape index (κ3) is 38.2. The van der Waals surface area contributed by atoms with Crippen molar-refractivity contribution in [3.63, 3.8) is 0 Å². The normalized spacial score (nSPS) is 8.58. The summed E-state index contributed by atoms with van der Waals surface area (Å²) in [5.74, 6) is -0.995. The van der Waals surface area contributed by atoms with Crippen LogP contribution in [0.4, 0.5) is 0 Å². The first-order chi connectivity index (χ1) is 8.18. The van der Waals surface area contributed by atoms with E-state index in [1.807, 2.05) is 0 Å². The van der Waals surface area contributed by atoms with Gasteiger partial charge >= 0.3 is 59.1 Å². The Bertz CT molecular complexity index is 143. The Labute approximate surface area is 165 Å². The van der Waals surface area contributed by atoms with Gasteiger partial charge in [-0.1, -0.05) is 71.6 Å². The van der Waals surface area contributed by atoms with Gasteiger partial charge in [-0.25, -0.2) is 0 Å². The molecule has 0 fully saturated rings. The Balaban J connectivity index is -0.000000139. The Morgan fingerprint density at radius 3 is 1.42 bits per heavy atom. The van der Waals surface area contributed by atoms with Gasteiger partial charge in [0.2, 0.25) is 0 Å². The number of carbonyl (C=O) groups excluding carboxylic acids is 1. The minimum Gasteiger partial charge on any atom is -0.550 e. The summed E-state index contributed by atoms with van der Waals surface area (Å²) < 4.78 is 0. The van der Waals surface area contributed by atoms with Crippen LogP contribution < -0.4 is 64.2 Å². The van der Waals surface area contributed by atoms with Crippen LogP contribution in [0.25, 0.3) is 0 Å². The minimum absolute atomic E-state index is 0. The van der Waals surface area contributed by atoms with E-state index in [0.717, 1.165) is 6.42 Å². The molecule has 0 unspecified atom stereocenters. The number of carboxylic acid groups (broad SMARTS) is 1. The van der Waals surface area contributed by atoms with E-state index in [-0.39, 0.29) is 65.5 Å². The van der Waals surface area contributed by atoms with Gasteiger partial charge in [0, 0.05) is 5.97 Å². The van der Waals surface area contributed by atoms with Gasteiger partial charge in [0.25, 0.3) is 0 Å². The zero-order chi connectivity index (χ0) is 13.4. The fourth-order valence-electron chi connectivity index (χ4n) is 1.49. The summed E-state index contributed by atoms with van der Waals surface area (Å²) in [7, 11) is 0. The number of carboxylic acids is 1. The Morgan fingerprint density at radius 1 is 0.842 bits per heavy atom. The van der Waals surface area contributed by atoms with Crippen molar-refractivity contribution in [1.82, 2.24) is 0 Å². The van der Waals surface area contributed by atoms with E-state index in [1.54, 1.807) is 0 Å². The first-order valence-electron chi connectivity index (χ1n) is 7.18. The van der Waals surface area contributed by atoms with Crippen molar-refractivity contribution >= 4 is 5.97 Å². The van der Waals surface area contributed by atoms with Crippen molar-refractivity contribution in [1.29, 1.82) is 0 Å². The maximum atomic E-state index is 9.26. The molecule has 0 aliphatic carbocycles. The molecule has 0 aliphatic rings. The standard InChI is InChI=1S/C12H25.C3H6O2.2Na/c1-3-5-7-9-11-12-10-8-6-4-2;1-2-3(4)5;;/h1,3-12H2,2H3;2H2,1H3,(H,4,5);;/q-1;;2*+1/p-1. The second-order valence-electron chi connectivity index (χ2n) is 4.41. The number of hydrogen-bond donors (Lipinski definition) is 0. The zero-order valence-corrected chi connectivity index (χ0v) is 17.8. The molecule has 0 heterocycles. The van der Waals surface area contributed by atoms with Crippen molar-refractivity contribution < 1.29 is 69.0 Å². The number of hydrogen-bond acceptors (Lipinski definition) is 2. The molecule has 0 radical (unpaired) electrons. The van der Waals surface area contributed by atoms with Crippen LogP contribution in [0.5, 0.6) is 0 Å². The second-order valence-corrected chi connectivity index (χ2v) is 4.41. The number of aliphatic carboxylic acids is 1. The molecule has 0 aliphatic heterocycles. The topological polar surface area (TPSA) is 40.1 Å². The summed E-state index contributed by atoms with van der Waals surface area (Å²) >= 11 is 0. The average molecular weight is 288 g/mol. The molecule has 0 aromatic rings. The SMILES string of the molecule is CCC(=O)[O-].[CH2-]CCCCCCCCCCC.[Na+].[Na+]. The van der Waals surface area contributed by atoms with Gasteiger partial charge in [0.05, 0.1) is 0 Å². The van der Waals surface area contributed by atoms with Gasteiger partial charge in [-0.15, -0.1) is 0 Å². The molecule has 0 atom stereocenters. The molecule has 0 bridgehead atoms. The zero-order valence-electron chi connectivity index (χ0n) is 13.8. The molecular weight excluding hydrogens is 258 g/mol. The third-order valence-electron chi connectivity index (χ3n) is 2.64. The average Bonchev–Trinajstić information content (AvgIpc) is 2.33. The largest absolute Gasteiger partial charge is 1.00 e. The number of unbranched alkanes of at least 4 members (excludes halogenated alkanes) is 9. The van der Waals surface area contributed by atoms with Crippen molar-refractivity contribution in [3.05, 3.63) is 6.92 Å². The molecule has 0 amide bonds. The van der Waals surface area contributed by atoms with Crippen LogP contribution >= 0.6 is 0 Å². The molecule has 104 valence electrons. The van der Waals surface area contributed by atoms with Crippen LogP contribution in [-0.2, 0) is 4.79 Å². The van der Waals surface area contributed by atoms with E-state index < -0.39 is 5.97 Å². The molecule has 0 saturated heterocycles. The molecule has 0 spiro atoms. The van der Waals surface area contributed by atoms with E-state index in [9.17, 15) is 9.90 Å². The predicted octanol–water partition coefficient (Wildman–Crippen LogP) is -2.10. The van der Waals surface area contributed by atoms with Gasteiger partial charge in [-0.3, -0.25) is 0 Å². The summed E-state index contributed by atoms with van der Waals surface area (Å²) in [6.45, 7) is 7.65. The molecule has 2 nitrogen and oxygen atoms in total. The first kappa shape index (κ1) is 28.6. The van der Waals surface area contributed by atoms with Crippen molar-refractivity contribution in [2.75, 3.05) is 0 Å². The van der Waals surface area contributed by atoms with Gasteiger partial charge < -0.3 is 16.8 Å². The molecule has 0 saturated carbocycles. The van der Waals surface area contributed by atoms with E-state index in [1.165, 1.54) is 64.7 Å². The quantitative estimate of drug-likeness (QED) is 0.262. The van der Waals surface area contributed by atoms with Crippen LogP contribution in [0.15, 0.2) is 0 Å². The Hall–Kier alpha value is 1.47. The fourth-order valence-corrected chi connectivity index (χ4v) is 1.49. The molecule has 0 N–H and O–H groups in total. The molecule has 4 heteroatoms. The number of rotatable bonds is 10. The Morgan fingerprint density at radius 2 is 1.16 bits per heavy atom. The summed E-state index contributed by atoms with van der Waals surface area (Å²) in [6, 6.07) is 0. The van der Waals surface area contributed by atoms with Crippen molar-refractivity contribution in [3.8, 4) is 0 Å². The van der Waals surface area contributed by atoms with Crippen LogP contribution in [-0.4, -0.2) is 5.97 Å². The molecular formula is C15H30Na2O2. The van der Waals surface area contributed by atoms with Crippen LogP contribution in [0.2, 0.25) is 0 Å². The van der Waals surface area contributed by atoms with Crippen LogP contribution in [0.3, 0.4) is 0 Å². The molecule has 0 aromatic heterocycles. The van der Waals surface area contributed by atoms with Gasteiger partial charge in [-0.2, -0.15) is 6.42 Å². The maximum absolute atomic E-state index is 9.26. The van der Waals surface area contributed by atoms with Gasteiger partial charge in [0.15, 0.2) is 0 Å². The molecule has 0 aromatic carbocycles. The van der Waals surface area contributed by atoms with E-state index in [2.05, 4.69) is 13.8 Å². The van der Waals surface area contributed by atoms with E-state index >= 15 is 0 Å². The Kier molecular flexibility index (Phi) is 41.8. The fraction of sp³-hybridized carbons (Fsp3) is 0.867. The van der Waals surface area contributed by atoms with Crippen molar-refractivity contribution in [2.24, 2.45) is 0 Å². The molecule has 0 rings (SSSR count). The maximum Gasteiger partial charge on any atom is 1.00 e. The smallest absolute Gasteiger partial charge is 0.550 e. The van der Waals surface area contributed by atoms with E-state index in [4.69, 9.17) is 0 Å². The van der Waals surface area contributed by atoms with E-state index in [0.29, 0.717) is 0 Å². The monoisotopic (exact) mass is 288 g/mol. The minimum atomic E-state index is -0.995. The van der Waals surface area contributed by atoms with Gasteiger partial charge in [0.1, 0.15) is 0 Å². The first-order valence-corrected chi connectivity index (χ1v) is 7.18. The summed E-state index contributed by atoms with van der Waals surface area (Å²) in [4.78, 5) is 9.26. The summed E-state index contributed by atoms with van der Waals surface area (Å²) in [6.07, 6.45) is 14.0. The molecule has 19 heavy (non-hydrogen) atoms. The van der Waals surface area contributed by atoms with Crippen molar-refractivity contribution in [2.45, 2.75) is 84.5 Å².